The van der Waals surface area contributed by atoms with Crippen LogP contribution in [-0.2, 0) is 17.8 Å². The summed E-state index contributed by atoms with van der Waals surface area (Å²) in [6.07, 6.45) is 0. The molecule has 1 heterocycles. The van der Waals surface area contributed by atoms with Crippen molar-refractivity contribution in [2.75, 3.05) is 38.3 Å². The summed E-state index contributed by atoms with van der Waals surface area (Å²) in [6, 6.07) is 11.6. The first-order chi connectivity index (χ1) is 13.2. The van der Waals surface area contributed by atoms with E-state index in [2.05, 4.69) is 32.7 Å². The van der Waals surface area contributed by atoms with Crippen molar-refractivity contribution < 1.29 is 13.5 Å². The normalized spacial score (nSPS) is 14.9. The highest BCUT2D eigenvalue weighted by molar-refractivity contribution is 5.79. The van der Waals surface area contributed by atoms with E-state index in [0.717, 1.165) is 44.0 Å². The van der Waals surface area contributed by atoms with Gasteiger partial charge in [-0.1, -0.05) is 18.2 Å². The zero-order chi connectivity index (χ0) is 19.1. The van der Waals surface area contributed by atoms with Crippen LogP contribution < -0.4 is 15.5 Å². The Hall–Kier alpha value is -2.67. The van der Waals surface area contributed by atoms with Crippen LogP contribution in [0.3, 0.4) is 0 Å². The Morgan fingerprint density at radius 2 is 1.74 bits per heavy atom. The van der Waals surface area contributed by atoms with Gasteiger partial charge in [0.1, 0.15) is 11.6 Å². The number of nitrogens with one attached hydrogen (secondary N) is 2. The van der Waals surface area contributed by atoms with Crippen LogP contribution in [0.15, 0.2) is 47.5 Å². The van der Waals surface area contributed by atoms with Crippen LogP contribution in [0.2, 0.25) is 0 Å². The summed E-state index contributed by atoms with van der Waals surface area (Å²) in [5.74, 6) is -0.386. The van der Waals surface area contributed by atoms with Gasteiger partial charge in [0.2, 0.25) is 0 Å². The third-order valence-electron chi connectivity index (χ3n) is 4.47. The fourth-order valence-electron chi connectivity index (χ4n) is 3.03. The first-order valence-corrected chi connectivity index (χ1v) is 8.96. The molecule has 2 N–H and O–H groups in total. The highest BCUT2D eigenvalue weighted by Crippen LogP contribution is 2.21. The summed E-state index contributed by atoms with van der Waals surface area (Å²) in [5, 5.41) is 6.26. The molecule has 5 nitrogen and oxygen atoms in total. The summed E-state index contributed by atoms with van der Waals surface area (Å²) in [7, 11) is 1.64. The summed E-state index contributed by atoms with van der Waals surface area (Å²) >= 11 is 0. The molecular weight excluding hydrogens is 350 g/mol. The van der Waals surface area contributed by atoms with E-state index in [1.165, 1.54) is 11.8 Å². The molecule has 0 aromatic heterocycles. The highest BCUT2D eigenvalue weighted by Gasteiger charge is 2.14. The SMILES string of the molecule is CN=C(NCc1cc(F)ccc1F)NCc1ccccc1N1CCOCC1. The molecular formula is C20H24F2N4O. The van der Waals surface area contributed by atoms with Gasteiger partial charge < -0.3 is 20.3 Å². The van der Waals surface area contributed by atoms with Crippen molar-refractivity contribution in [1.29, 1.82) is 0 Å². The Morgan fingerprint density at radius 3 is 2.48 bits per heavy atom. The molecule has 3 rings (SSSR count). The number of anilines is 1. The molecule has 7 heteroatoms. The van der Waals surface area contributed by atoms with Crippen LogP contribution in [0, 0.1) is 11.6 Å². The minimum atomic E-state index is -0.462. The molecule has 0 radical (unpaired) electrons. The number of nitrogens with zero attached hydrogens (tertiary/aromatic N) is 2. The lowest BCUT2D eigenvalue weighted by molar-refractivity contribution is 0.122. The van der Waals surface area contributed by atoms with E-state index in [-0.39, 0.29) is 12.1 Å². The van der Waals surface area contributed by atoms with Gasteiger partial charge in [0, 0.05) is 44.5 Å². The Balaban J connectivity index is 1.60. The minimum absolute atomic E-state index is 0.147. The largest absolute Gasteiger partial charge is 0.378 e. The molecule has 1 aliphatic rings. The number of para-hydroxylation sites is 1. The van der Waals surface area contributed by atoms with Crippen molar-refractivity contribution >= 4 is 11.6 Å². The molecule has 144 valence electrons. The number of guanidine groups is 1. The van der Waals surface area contributed by atoms with Gasteiger partial charge in [0.05, 0.1) is 13.2 Å². The maximum absolute atomic E-state index is 13.8. The second-order valence-electron chi connectivity index (χ2n) is 6.24. The number of morpholine rings is 1. The second-order valence-corrected chi connectivity index (χ2v) is 6.24. The van der Waals surface area contributed by atoms with E-state index in [0.29, 0.717) is 12.5 Å². The average molecular weight is 374 g/mol. The minimum Gasteiger partial charge on any atom is -0.378 e. The molecule has 0 amide bonds. The summed E-state index contributed by atoms with van der Waals surface area (Å²) in [6.45, 7) is 3.90. The maximum Gasteiger partial charge on any atom is 0.191 e. The molecule has 1 aliphatic heterocycles. The fraction of sp³-hybridized carbons (Fsp3) is 0.350. The lowest BCUT2D eigenvalue weighted by Crippen LogP contribution is -2.39. The maximum atomic E-state index is 13.8. The van der Waals surface area contributed by atoms with E-state index in [1.807, 2.05) is 12.1 Å². The van der Waals surface area contributed by atoms with Crippen LogP contribution in [-0.4, -0.2) is 39.3 Å². The van der Waals surface area contributed by atoms with E-state index < -0.39 is 11.6 Å². The second kappa shape index (κ2) is 9.32. The van der Waals surface area contributed by atoms with Crippen LogP contribution >= 0.6 is 0 Å². The number of ether oxygens (including phenoxy) is 1. The zero-order valence-electron chi connectivity index (χ0n) is 15.3. The van der Waals surface area contributed by atoms with Gasteiger partial charge in [-0.2, -0.15) is 0 Å². The molecule has 27 heavy (non-hydrogen) atoms. The molecule has 0 atom stereocenters. The Kier molecular flexibility index (Phi) is 6.59. The van der Waals surface area contributed by atoms with E-state index in [9.17, 15) is 8.78 Å². The van der Waals surface area contributed by atoms with E-state index in [1.54, 1.807) is 7.05 Å². The van der Waals surface area contributed by atoms with Crippen LogP contribution in [0.1, 0.15) is 11.1 Å². The third kappa shape index (κ3) is 5.17. The molecule has 0 spiro atoms. The van der Waals surface area contributed by atoms with Crippen molar-refractivity contribution in [3.63, 3.8) is 0 Å². The molecule has 1 saturated heterocycles. The van der Waals surface area contributed by atoms with E-state index >= 15 is 0 Å². The Bertz CT molecular complexity index is 791. The van der Waals surface area contributed by atoms with Crippen LogP contribution in [0.5, 0.6) is 0 Å². The molecule has 0 unspecified atom stereocenters. The Labute approximate surface area is 158 Å². The van der Waals surface area contributed by atoms with Crippen molar-refractivity contribution in [3.8, 4) is 0 Å². The average Bonchev–Trinajstić information content (AvgIpc) is 2.71. The van der Waals surface area contributed by atoms with Crippen molar-refractivity contribution in [2.45, 2.75) is 13.1 Å². The number of halogens is 2. The molecule has 0 saturated carbocycles. The number of benzene rings is 2. The molecule has 0 bridgehead atoms. The molecule has 1 fully saturated rings. The van der Waals surface area contributed by atoms with Gasteiger partial charge in [0.15, 0.2) is 5.96 Å². The van der Waals surface area contributed by atoms with Crippen molar-refractivity contribution in [1.82, 2.24) is 10.6 Å². The standard InChI is InChI=1S/C20H24F2N4O/c1-23-20(25-14-16-12-17(21)6-7-18(16)22)24-13-15-4-2-3-5-19(15)26-8-10-27-11-9-26/h2-7,12H,8-11,13-14H2,1H3,(H2,23,24,25). The third-order valence-corrected chi connectivity index (χ3v) is 4.47. The van der Waals surface area contributed by atoms with Crippen molar-refractivity contribution in [3.05, 3.63) is 65.2 Å². The van der Waals surface area contributed by atoms with Gasteiger partial charge in [-0.25, -0.2) is 8.78 Å². The summed E-state index contributed by atoms with van der Waals surface area (Å²) in [5.41, 5.74) is 2.56. The smallest absolute Gasteiger partial charge is 0.191 e. The number of hydrogen-bond acceptors (Lipinski definition) is 3. The monoisotopic (exact) mass is 374 g/mol. The predicted octanol–water partition coefficient (Wildman–Crippen LogP) is 2.67. The molecule has 2 aromatic rings. The number of aliphatic imine (C=N–C) groups is 1. The van der Waals surface area contributed by atoms with Crippen LogP contribution in [0.25, 0.3) is 0 Å². The quantitative estimate of drug-likeness (QED) is 0.624. The van der Waals surface area contributed by atoms with Gasteiger partial charge >= 0.3 is 0 Å². The molecule has 2 aromatic carbocycles. The first-order valence-electron chi connectivity index (χ1n) is 8.96. The first kappa shape index (κ1) is 19.1. The summed E-state index contributed by atoms with van der Waals surface area (Å²) in [4.78, 5) is 6.46. The summed E-state index contributed by atoms with van der Waals surface area (Å²) < 4.78 is 32.5. The number of hydrogen-bond donors (Lipinski definition) is 2. The lowest BCUT2D eigenvalue weighted by atomic mass is 10.1. The fourth-order valence-corrected chi connectivity index (χ4v) is 3.03. The predicted molar refractivity (Wildman–Crippen MR) is 103 cm³/mol. The van der Waals surface area contributed by atoms with Crippen LogP contribution in [0.4, 0.5) is 14.5 Å². The lowest BCUT2D eigenvalue weighted by Gasteiger charge is -2.30. The Morgan fingerprint density at radius 1 is 1.04 bits per heavy atom. The number of rotatable bonds is 5. The van der Waals surface area contributed by atoms with E-state index in [4.69, 9.17) is 4.74 Å². The highest BCUT2D eigenvalue weighted by atomic mass is 19.1. The molecule has 0 aliphatic carbocycles. The zero-order valence-corrected chi connectivity index (χ0v) is 15.3. The van der Waals surface area contributed by atoms with Gasteiger partial charge in [-0.15, -0.1) is 0 Å². The van der Waals surface area contributed by atoms with Crippen molar-refractivity contribution in [2.24, 2.45) is 4.99 Å². The van der Waals surface area contributed by atoms with Gasteiger partial charge in [0.25, 0.3) is 0 Å². The topological polar surface area (TPSA) is 48.9 Å². The van der Waals surface area contributed by atoms with Gasteiger partial charge in [-0.05, 0) is 29.8 Å². The van der Waals surface area contributed by atoms with Gasteiger partial charge in [-0.3, -0.25) is 4.99 Å².